The number of rotatable bonds is 4. The third-order valence-corrected chi connectivity index (χ3v) is 3.98. The van der Waals surface area contributed by atoms with Crippen molar-refractivity contribution >= 4 is 28.6 Å². The molecule has 0 radical (unpaired) electrons. The quantitative estimate of drug-likeness (QED) is 0.430. The molecule has 1 N–H and O–H groups in total. The highest BCUT2D eigenvalue weighted by Crippen LogP contribution is 2.18. The van der Waals surface area contributed by atoms with Crippen molar-refractivity contribution in [2.75, 3.05) is 0 Å². The van der Waals surface area contributed by atoms with Crippen LogP contribution in [-0.2, 0) is 7.05 Å². The summed E-state index contributed by atoms with van der Waals surface area (Å²) in [5, 5.41) is 19.6. The highest BCUT2D eigenvalue weighted by Gasteiger charge is 2.15. The van der Waals surface area contributed by atoms with Crippen LogP contribution in [0.15, 0.2) is 52.4 Å². The van der Waals surface area contributed by atoms with Crippen LogP contribution >= 0.6 is 0 Å². The number of hydrazone groups is 1. The van der Waals surface area contributed by atoms with Crippen molar-refractivity contribution in [1.82, 2.24) is 15.2 Å². The van der Waals surface area contributed by atoms with Gasteiger partial charge in [-0.2, -0.15) is 10.2 Å². The van der Waals surface area contributed by atoms with Gasteiger partial charge >= 0.3 is 0 Å². The van der Waals surface area contributed by atoms with Gasteiger partial charge in [0.2, 0.25) is 0 Å². The molecule has 0 fully saturated rings. The number of carbonyl (C=O) groups is 1. The Labute approximate surface area is 153 Å². The van der Waals surface area contributed by atoms with Crippen molar-refractivity contribution < 1.29 is 9.72 Å². The SMILES string of the molecule is Cc1ccc(/C=N\NC(=O)c2nn(C)c(=O)c3ccccc23)cc1[N+](=O)[O-]. The van der Waals surface area contributed by atoms with Crippen LogP contribution in [0, 0.1) is 17.0 Å². The van der Waals surface area contributed by atoms with E-state index in [-0.39, 0.29) is 16.9 Å². The Morgan fingerprint density at radius 3 is 2.67 bits per heavy atom. The maximum absolute atomic E-state index is 12.4. The number of nitro groups is 1. The molecule has 1 aromatic heterocycles. The second kappa shape index (κ2) is 7.16. The van der Waals surface area contributed by atoms with Crippen molar-refractivity contribution in [3.05, 3.63) is 79.8 Å². The van der Waals surface area contributed by atoms with Gasteiger partial charge in [0.1, 0.15) is 0 Å². The van der Waals surface area contributed by atoms with E-state index in [2.05, 4.69) is 15.6 Å². The van der Waals surface area contributed by atoms with Crippen LogP contribution in [0.5, 0.6) is 0 Å². The Bertz CT molecular complexity index is 1150. The minimum atomic E-state index is -0.598. The molecule has 0 saturated carbocycles. The van der Waals surface area contributed by atoms with E-state index in [0.717, 1.165) is 4.68 Å². The van der Waals surface area contributed by atoms with Gasteiger partial charge < -0.3 is 0 Å². The number of carbonyl (C=O) groups excluding carboxylic acids is 1. The Hall–Kier alpha value is -3.88. The Morgan fingerprint density at radius 1 is 1.26 bits per heavy atom. The van der Waals surface area contributed by atoms with Crippen LogP contribution in [0.4, 0.5) is 5.69 Å². The third kappa shape index (κ3) is 3.56. The van der Waals surface area contributed by atoms with Crippen LogP contribution in [0.25, 0.3) is 10.8 Å². The van der Waals surface area contributed by atoms with E-state index < -0.39 is 10.8 Å². The molecule has 3 aromatic rings. The molecule has 2 aromatic carbocycles. The summed E-state index contributed by atoms with van der Waals surface area (Å²) in [4.78, 5) is 35.0. The molecule has 9 heteroatoms. The van der Waals surface area contributed by atoms with E-state index in [1.54, 1.807) is 43.3 Å². The van der Waals surface area contributed by atoms with Gasteiger partial charge in [0.25, 0.3) is 17.2 Å². The predicted molar refractivity (Wildman–Crippen MR) is 99.9 cm³/mol. The van der Waals surface area contributed by atoms with Crippen molar-refractivity contribution in [2.24, 2.45) is 12.1 Å². The molecule has 0 unspecified atom stereocenters. The van der Waals surface area contributed by atoms with Gasteiger partial charge in [-0.3, -0.25) is 19.7 Å². The zero-order valence-corrected chi connectivity index (χ0v) is 14.5. The molecule has 1 heterocycles. The fourth-order valence-electron chi connectivity index (χ4n) is 2.59. The summed E-state index contributed by atoms with van der Waals surface area (Å²) >= 11 is 0. The molecule has 0 aliphatic carbocycles. The summed E-state index contributed by atoms with van der Waals surface area (Å²) in [7, 11) is 1.46. The lowest BCUT2D eigenvalue weighted by atomic mass is 10.1. The van der Waals surface area contributed by atoms with Crippen LogP contribution in [0.1, 0.15) is 21.6 Å². The zero-order valence-electron chi connectivity index (χ0n) is 14.5. The fraction of sp³-hybridized carbons (Fsp3) is 0.111. The number of hydrogen-bond donors (Lipinski definition) is 1. The van der Waals surface area contributed by atoms with Crippen molar-refractivity contribution in [3.8, 4) is 0 Å². The average Bonchev–Trinajstić information content (AvgIpc) is 2.65. The number of fused-ring (bicyclic) bond motifs is 1. The number of benzene rings is 2. The molecule has 0 saturated heterocycles. The molecule has 0 aliphatic heterocycles. The second-order valence-electron chi connectivity index (χ2n) is 5.83. The molecule has 1 amide bonds. The van der Waals surface area contributed by atoms with Crippen LogP contribution in [0.2, 0.25) is 0 Å². The van der Waals surface area contributed by atoms with E-state index in [9.17, 15) is 19.7 Å². The smallest absolute Gasteiger partial charge is 0.267 e. The summed E-state index contributed by atoms with van der Waals surface area (Å²) in [5.41, 5.74) is 3.04. The largest absolute Gasteiger partial charge is 0.292 e. The van der Waals surface area contributed by atoms with Crippen molar-refractivity contribution in [3.63, 3.8) is 0 Å². The number of hydrogen-bond acceptors (Lipinski definition) is 6. The van der Waals surface area contributed by atoms with E-state index in [0.29, 0.717) is 21.9 Å². The second-order valence-corrected chi connectivity index (χ2v) is 5.83. The topological polar surface area (TPSA) is 119 Å². The molecule has 27 heavy (non-hydrogen) atoms. The van der Waals surface area contributed by atoms with Gasteiger partial charge in [-0.15, -0.1) is 0 Å². The summed E-state index contributed by atoms with van der Waals surface area (Å²) in [6.45, 7) is 1.64. The van der Waals surface area contributed by atoms with Crippen LogP contribution < -0.4 is 11.0 Å². The number of aromatic nitrogens is 2. The molecular weight excluding hydrogens is 350 g/mol. The number of nitrogens with zero attached hydrogens (tertiary/aromatic N) is 4. The standard InChI is InChI=1S/C18H15N5O4/c1-11-7-8-12(9-15(11)23(26)27)10-19-20-17(24)16-13-5-3-4-6-14(13)18(25)22(2)21-16/h3-10H,1-2H3,(H,20,24)/b19-10-. The highest BCUT2D eigenvalue weighted by molar-refractivity contribution is 6.04. The van der Waals surface area contributed by atoms with E-state index in [1.807, 2.05) is 0 Å². The summed E-state index contributed by atoms with van der Waals surface area (Å²) in [6, 6.07) is 11.3. The maximum Gasteiger partial charge on any atom is 0.292 e. The first kappa shape index (κ1) is 17.9. The number of amides is 1. The van der Waals surface area contributed by atoms with E-state index >= 15 is 0 Å². The first-order valence-corrected chi connectivity index (χ1v) is 7.93. The van der Waals surface area contributed by atoms with Gasteiger partial charge in [0.15, 0.2) is 5.69 Å². The Kier molecular flexibility index (Phi) is 4.75. The van der Waals surface area contributed by atoms with Crippen molar-refractivity contribution in [2.45, 2.75) is 6.92 Å². The van der Waals surface area contributed by atoms with E-state index in [1.165, 1.54) is 19.3 Å². The molecule has 0 bridgehead atoms. The molecule has 9 nitrogen and oxygen atoms in total. The Morgan fingerprint density at radius 2 is 1.96 bits per heavy atom. The minimum absolute atomic E-state index is 0.0315. The molecular formula is C18H15N5O4. The number of aryl methyl sites for hydroxylation is 2. The first-order chi connectivity index (χ1) is 12.9. The van der Waals surface area contributed by atoms with E-state index in [4.69, 9.17) is 0 Å². The fourth-order valence-corrected chi connectivity index (χ4v) is 2.59. The third-order valence-electron chi connectivity index (χ3n) is 3.98. The molecule has 3 rings (SSSR count). The molecule has 0 spiro atoms. The van der Waals surface area contributed by atoms with Gasteiger partial charge in [-0.1, -0.05) is 30.3 Å². The van der Waals surface area contributed by atoms with Gasteiger partial charge in [-0.25, -0.2) is 10.1 Å². The number of nitro benzene ring substituents is 1. The summed E-state index contributed by atoms with van der Waals surface area (Å²) < 4.78 is 1.09. The van der Waals surface area contributed by atoms with Gasteiger partial charge in [-0.05, 0) is 13.0 Å². The van der Waals surface area contributed by atoms with Gasteiger partial charge in [0.05, 0.1) is 16.5 Å². The monoisotopic (exact) mass is 365 g/mol. The molecule has 0 aliphatic rings. The zero-order chi connectivity index (χ0) is 19.6. The first-order valence-electron chi connectivity index (χ1n) is 7.93. The van der Waals surface area contributed by atoms with Gasteiger partial charge in [0, 0.05) is 29.6 Å². The lowest BCUT2D eigenvalue weighted by molar-refractivity contribution is -0.385. The molecule has 0 atom stereocenters. The number of nitrogens with one attached hydrogen (secondary N) is 1. The molecule has 136 valence electrons. The Balaban J connectivity index is 1.87. The van der Waals surface area contributed by atoms with Crippen LogP contribution in [0.3, 0.4) is 0 Å². The predicted octanol–water partition coefficient (Wildman–Crippen LogP) is 1.91. The normalized spacial score (nSPS) is 11.0. The lowest BCUT2D eigenvalue weighted by Crippen LogP contribution is -2.27. The maximum atomic E-state index is 12.4. The summed E-state index contributed by atoms with van der Waals surface area (Å²) in [5.74, 6) is -0.598. The lowest BCUT2D eigenvalue weighted by Gasteiger charge is -2.06. The van der Waals surface area contributed by atoms with Crippen LogP contribution in [-0.4, -0.2) is 26.8 Å². The summed E-state index contributed by atoms with van der Waals surface area (Å²) in [6.07, 6.45) is 1.30. The van der Waals surface area contributed by atoms with Crippen molar-refractivity contribution in [1.29, 1.82) is 0 Å². The average molecular weight is 365 g/mol. The minimum Gasteiger partial charge on any atom is -0.267 e. The highest BCUT2D eigenvalue weighted by atomic mass is 16.6.